The summed E-state index contributed by atoms with van der Waals surface area (Å²) < 4.78 is 0. The summed E-state index contributed by atoms with van der Waals surface area (Å²) in [4.78, 5) is 1.26. The molecule has 0 aliphatic carbocycles. The highest BCUT2D eigenvalue weighted by Gasteiger charge is 2.44. The van der Waals surface area contributed by atoms with Crippen LogP contribution in [0.25, 0.3) is 0 Å². The number of aliphatic hydroxyl groups is 1. The lowest BCUT2D eigenvalue weighted by Gasteiger charge is -2.39. The SMILES string of the molecule is CCCC[C@@]1(CC)CSc2ccc(N)cc2[C@@H](c2ccccc2)[C@H]1O. The van der Waals surface area contributed by atoms with Gasteiger partial charge in [0.15, 0.2) is 0 Å². The molecule has 1 aliphatic heterocycles. The first kappa shape index (κ1) is 18.3. The van der Waals surface area contributed by atoms with Crippen molar-refractivity contribution in [2.45, 2.75) is 56.4 Å². The van der Waals surface area contributed by atoms with Crippen LogP contribution in [0.1, 0.15) is 56.6 Å². The first-order valence-corrected chi connectivity index (χ1v) is 10.3. The maximum absolute atomic E-state index is 11.6. The zero-order valence-electron chi connectivity index (χ0n) is 15.2. The highest BCUT2D eigenvalue weighted by atomic mass is 32.2. The normalized spacial score (nSPS) is 26.0. The van der Waals surface area contributed by atoms with Crippen LogP contribution in [-0.4, -0.2) is 17.0 Å². The molecule has 0 radical (unpaired) electrons. The number of benzene rings is 2. The van der Waals surface area contributed by atoms with E-state index in [1.54, 1.807) is 0 Å². The van der Waals surface area contributed by atoms with Crippen LogP contribution in [0.5, 0.6) is 0 Å². The summed E-state index contributed by atoms with van der Waals surface area (Å²) in [7, 11) is 0. The Kier molecular flexibility index (Phi) is 5.75. The van der Waals surface area contributed by atoms with Crippen molar-refractivity contribution in [3.8, 4) is 0 Å². The lowest BCUT2D eigenvalue weighted by atomic mass is 9.69. The Balaban J connectivity index is 2.13. The van der Waals surface area contributed by atoms with Crippen LogP contribution >= 0.6 is 11.8 Å². The first-order chi connectivity index (χ1) is 12.1. The molecule has 134 valence electrons. The summed E-state index contributed by atoms with van der Waals surface area (Å²) in [6, 6.07) is 16.6. The van der Waals surface area contributed by atoms with Crippen molar-refractivity contribution in [3.63, 3.8) is 0 Å². The van der Waals surface area contributed by atoms with E-state index in [2.05, 4.69) is 50.2 Å². The second-order valence-electron chi connectivity index (χ2n) is 7.24. The van der Waals surface area contributed by atoms with Crippen molar-refractivity contribution in [3.05, 3.63) is 59.7 Å². The van der Waals surface area contributed by atoms with Gasteiger partial charge in [0.25, 0.3) is 0 Å². The van der Waals surface area contributed by atoms with E-state index in [0.717, 1.165) is 37.1 Å². The molecule has 2 nitrogen and oxygen atoms in total. The van der Waals surface area contributed by atoms with Gasteiger partial charge in [0.1, 0.15) is 0 Å². The van der Waals surface area contributed by atoms with Crippen LogP contribution in [0.4, 0.5) is 5.69 Å². The summed E-state index contributed by atoms with van der Waals surface area (Å²) in [5, 5.41) is 11.6. The minimum absolute atomic E-state index is 0.0218. The van der Waals surface area contributed by atoms with Gasteiger partial charge in [-0.25, -0.2) is 0 Å². The molecule has 0 aromatic heterocycles. The van der Waals surface area contributed by atoms with Crippen LogP contribution in [0.3, 0.4) is 0 Å². The zero-order chi connectivity index (χ0) is 17.9. The van der Waals surface area contributed by atoms with Crippen molar-refractivity contribution in [2.75, 3.05) is 11.5 Å². The smallest absolute Gasteiger partial charge is 0.0713 e. The van der Waals surface area contributed by atoms with Gasteiger partial charge < -0.3 is 10.8 Å². The summed E-state index contributed by atoms with van der Waals surface area (Å²) in [6.07, 6.45) is 3.98. The summed E-state index contributed by atoms with van der Waals surface area (Å²) in [6.45, 7) is 4.45. The maximum atomic E-state index is 11.6. The van der Waals surface area contributed by atoms with Crippen LogP contribution < -0.4 is 5.73 Å². The van der Waals surface area contributed by atoms with E-state index in [9.17, 15) is 5.11 Å². The standard InChI is InChI=1S/C22H29NOS/c1-3-5-13-22(4-2)15-25-19-12-11-17(23)14-18(19)20(21(22)24)16-9-7-6-8-10-16/h6-12,14,20-21,24H,3-5,13,15,23H2,1-2H3/t20-,21-,22+/m1/s1. The molecule has 2 aromatic carbocycles. The molecule has 3 N–H and O–H groups in total. The predicted octanol–water partition coefficient (Wildman–Crippen LogP) is 5.45. The van der Waals surface area contributed by atoms with Crippen molar-refractivity contribution in [1.82, 2.24) is 0 Å². The quantitative estimate of drug-likeness (QED) is 0.701. The number of thioether (sulfide) groups is 1. The van der Waals surface area contributed by atoms with Gasteiger partial charge in [0.05, 0.1) is 6.10 Å². The Labute approximate surface area is 155 Å². The molecule has 0 fully saturated rings. The largest absolute Gasteiger partial charge is 0.399 e. The van der Waals surface area contributed by atoms with Gasteiger partial charge in [0, 0.05) is 27.7 Å². The average Bonchev–Trinajstić information content (AvgIpc) is 2.75. The van der Waals surface area contributed by atoms with Crippen LogP contribution in [-0.2, 0) is 0 Å². The lowest BCUT2D eigenvalue weighted by Crippen LogP contribution is -2.40. The van der Waals surface area contributed by atoms with Gasteiger partial charge in [0.2, 0.25) is 0 Å². The molecule has 3 heteroatoms. The van der Waals surface area contributed by atoms with Crippen LogP contribution in [0.15, 0.2) is 53.4 Å². The number of rotatable bonds is 5. The first-order valence-electron chi connectivity index (χ1n) is 9.36. The second kappa shape index (κ2) is 7.84. The number of aliphatic hydroxyl groups excluding tert-OH is 1. The fourth-order valence-corrected chi connectivity index (χ4v) is 5.51. The molecule has 25 heavy (non-hydrogen) atoms. The van der Waals surface area contributed by atoms with E-state index in [1.807, 2.05) is 23.9 Å². The Bertz CT molecular complexity index is 702. The van der Waals surface area contributed by atoms with Crippen LogP contribution in [0, 0.1) is 5.41 Å². The lowest BCUT2D eigenvalue weighted by molar-refractivity contribution is 0.0182. The topological polar surface area (TPSA) is 46.2 Å². The van der Waals surface area contributed by atoms with Crippen LogP contribution in [0.2, 0.25) is 0 Å². The van der Waals surface area contributed by atoms with Gasteiger partial charge >= 0.3 is 0 Å². The molecule has 0 amide bonds. The molecule has 3 atom stereocenters. The molecule has 1 aliphatic rings. The zero-order valence-corrected chi connectivity index (χ0v) is 16.1. The Hall–Kier alpha value is -1.45. The highest BCUT2D eigenvalue weighted by Crippen LogP contribution is 2.50. The molecule has 0 saturated carbocycles. The third-order valence-electron chi connectivity index (χ3n) is 5.72. The number of hydrogen-bond acceptors (Lipinski definition) is 3. The fourth-order valence-electron chi connectivity index (χ4n) is 4.03. The summed E-state index contributed by atoms with van der Waals surface area (Å²) in [5.74, 6) is 0.941. The molecule has 0 saturated heterocycles. The Morgan fingerprint density at radius 2 is 1.92 bits per heavy atom. The van der Waals surface area contributed by atoms with Crippen molar-refractivity contribution in [2.24, 2.45) is 5.41 Å². The van der Waals surface area contributed by atoms with E-state index >= 15 is 0 Å². The number of fused-ring (bicyclic) bond motifs is 1. The molecule has 0 bridgehead atoms. The summed E-state index contributed by atoms with van der Waals surface area (Å²) >= 11 is 1.89. The Morgan fingerprint density at radius 3 is 2.60 bits per heavy atom. The van der Waals surface area contributed by atoms with E-state index in [0.29, 0.717) is 0 Å². The number of unbranched alkanes of at least 4 members (excludes halogenated alkanes) is 1. The molecule has 0 spiro atoms. The Morgan fingerprint density at radius 1 is 1.16 bits per heavy atom. The number of hydrogen-bond donors (Lipinski definition) is 2. The minimum Gasteiger partial charge on any atom is -0.399 e. The number of nitrogens with two attached hydrogens (primary N) is 1. The minimum atomic E-state index is -0.401. The van der Waals surface area contributed by atoms with Crippen molar-refractivity contribution >= 4 is 17.4 Å². The summed E-state index contributed by atoms with van der Waals surface area (Å²) in [5.41, 5.74) is 9.17. The van der Waals surface area contributed by atoms with Gasteiger partial charge in [-0.05, 0) is 42.2 Å². The number of anilines is 1. The molecule has 2 aromatic rings. The third-order valence-corrected chi connectivity index (χ3v) is 7.12. The molecule has 1 heterocycles. The van der Waals surface area contributed by atoms with E-state index in [1.165, 1.54) is 16.0 Å². The van der Waals surface area contributed by atoms with E-state index < -0.39 is 6.10 Å². The maximum Gasteiger partial charge on any atom is 0.0713 e. The monoisotopic (exact) mass is 355 g/mol. The third kappa shape index (κ3) is 3.58. The van der Waals surface area contributed by atoms with Crippen molar-refractivity contribution in [1.29, 1.82) is 0 Å². The van der Waals surface area contributed by atoms with Gasteiger partial charge in [-0.1, -0.05) is 57.0 Å². The highest BCUT2D eigenvalue weighted by molar-refractivity contribution is 7.99. The molecule has 0 unspecified atom stereocenters. The molecular weight excluding hydrogens is 326 g/mol. The fraction of sp³-hybridized carbons (Fsp3) is 0.455. The van der Waals surface area contributed by atoms with Crippen molar-refractivity contribution < 1.29 is 5.11 Å². The molecular formula is C22H29NOS. The van der Waals surface area contributed by atoms with Gasteiger partial charge in [-0.2, -0.15) is 0 Å². The molecule has 3 rings (SSSR count). The number of nitrogen functional groups attached to an aromatic ring is 1. The average molecular weight is 356 g/mol. The van der Waals surface area contributed by atoms with E-state index in [4.69, 9.17) is 5.73 Å². The predicted molar refractivity (Wildman–Crippen MR) is 108 cm³/mol. The van der Waals surface area contributed by atoms with Gasteiger partial charge in [-0.15, -0.1) is 11.8 Å². The second-order valence-corrected chi connectivity index (χ2v) is 8.26. The van der Waals surface area contributed by atoms with E-state index in [-0.39, 0.29) is 11.3 Å². The van der Waals surface area contributed by atoms with Gasteiger partial charge in [-0.3, -0.25) is 0 Å².